The van der Waals surface area contributed by atoms with Crippen LogP contribution in [0.5, 0.6) is 0 Å². The molecule has 6 nitrogen and oxygen atoms in total. The topological polar surface area (TPSA) is 78.5 Å². The molecule has 1 amide bonds. The van der Waals surface area contributed by atoms with E-state index in [9.17, 15) is 13.2 Å². The summed E-state index contributed by atoms with van der Waals surface area (Å²) in [6, 6.07) is 15.1. The highest BCUT2D eigenvalue weighted by molar-refractivity contribution is 7.92. The van der Waals surface area contributed by atoms with Crippen LogP contribution in [0.25, 0.3) is 0 Å². The number of carbonyl (C=O) groups is 1. The number of rotatable bonds is 7. The molecule has 1 heterocycles. The van der Waals surface area contributed by atoms with Crippen LogP contribution in [0.2, 0.25) is 0 Å². The molecule has 0 bridgehead atoms. The summed E-state index contributed by atoms with van der Waals surface area (Å²) in [6.07, 6.45) is 4.15. The Morgan fingerprint density at radius 1 is 1.11 bits per heavy atom. The second-order valence-corrected chi connectivity index (χ2v) is 8.50. The van der Waals surface area contributed by atoms with Gasteiger partial charge in [-0.3, -0.25) is 9.52 Å². The Labute approximate surface area is 160 Å². The fraction of sp³-hybridized carbons (Fsp3) is 0.350. The number of amides is 1. The first-order valence-corrected chi connectivity index (χ1v) is 11.0. The first kappa shape index (κ1) is 19.2. The summed E-state index contributed by atoms with van der Waals surface area (Å²) in [5.41, 5.74) is 3.29. The predicted octanol–water partition coefficient (Wildman–Crippen LogP) is 2.63. The first-order valence-electron chi connectivity index (χ1n) is 9.12. The summed E-state index contributed by atoms with van der Waals surface area (Å²) in [4.78, 5) is 14.8. The molecular weight excluding hydrogens is 362 g/mol. The van der Waals surface area contributed by atoms with Gasteiger partial charge in [0.15, 0.2) is 0 Å². The third-order valence-corrected chi connectivity index (χ3v) is 5.15. The molecule has 144 valence electrons. The van der Waals surface area contributed by atoms with E-state index in [-0.39, 0.29) is 5.91 Å². The van der Waals surface area contributed by atoms with Gasteiger partial charge < -0.3 is 10.2 Å². The van der Waals surface area contributed by atoms with Crippen molar-refractivity contribution < 1.29 is 13.2 Å². The highest BCUT2D eigenvalue weighted by atomic mass is 32.2. The smallest absolute Gasteiger partial charge is 0.253 e. The lowest BCUT2D eigenvalue weighted by atomic mass is 10.0. The largest absolute Gasteiger partial charge is 0.371 e. The van der Waals surface area contributed by atoms with E-state index < -0.39 is 10.0 Å². The van der Waals surface area contributed by atoms with Crippen molar-refractivity contribution in [2.75, 3.05) is 35.5 Å². The Balaban J connectivity index is 1.54. The zero-order valence-corrected chi connectivity index (χ0v) is 16.3. The van der Waals surface area contributed by atoms with Crippen molar-refractivity contribution in [2.45, 2.75) is 19.3 Å². The molecule has 0 saturated heterocycles. The van der Waals surface area contributed by atoms with Gasteiger partial charge in [-0.1, -0.05) is 30.3 Å². The quantitative estimate of drug-likeness (QED) is 0.716. The maximum absolute atomic E-state index is 12.4. The Kier molecular flexibility index (Phi) is 6.01. The van der Waals surface area contributed by atoms with E-state index in [1.165, 1.54) is 11.3 Å². The number of hydrogen-bond acceptors (Lipinski definition) is 4. The normalized spacial score (nSPS) is 13.7. The first-order chi connectivity index (χ1) is 12.9. The van der Waals surface area contributed by atoms with Gasteiger partial charge >= 0.3 is 0 Å². The van der Waals surface area contributed by atoms with Gasteiger partial charge in [-0.25, -0.2) is 8.42 Å². The second-order valence-electron chi connectivity index (χ2n) is 6.75. The van der Waals surface area contributed by atoms with E-state index in [0.717, 1.165) is 38.6 Å². The molecular formula is C20H25N3O3S. The molecule has 0 atom stereocenters. The Bertz CT molecular complexity index is 912. The fourth-order valence-electron chi connectivity index (χ4n) is 3.38. The number of aryl methyl sites for hydroxylation is 1. The van der Waals surface area contributed by atoms with Gasteiger partial charge in [-0.15, -0.1) is 0 Å². The van der Waals surface area contributed by atoms with Crippen LogP contribution in [0.3, 0.4) is 0 Å². The maximum Gasteiger partial charge on any atom is 0.253 e. The third-order valence-electron chi connectivity index (χ3n) is 4.56. The van der Waals surface area contributed by atoms with Gasteiger partial charge in [-0.2, -0.15) is 0 Å². The molecule has 0 fully saturated rings. The lowest BCUT2D eigenvalue weighted by Crippen LogP contribution is -2.33. The van der Waals surface area contributed by atoms with Crippen molar-refractivity contribution in [3.8, 4) is 0 Å². The van der Waals surface area contributed by atoms with E-state index in [0.29, 0.717) is 17.8 Å². The number of nitrogens with one attached hydrogen (secondary N) is 2. The molecule has 0 radical (unpaired) electrons. The van der Waals surface area contributed by atoms with Crippen LogP contribution in [0.1, 0.15) is 28.8 Å². The van der Waals surface area contributed by atoms with Crippen molar-refractivity contribution in [3.63, 3.8) is 0 Å². The van der Waals surface area contributed by atoms with Crippen molar-refractivity contribution in [1.29, 1.82) is 0 Å². The molecule has 0 aliphatic carbocycles. The number of nitrogens with zero attached hydrogens (tertiary/aromatic N) is 1. The number of anilines is 2. The van der Waals surface area contributed by atoms with E-state index >= 15 is 0 Å². The summed E-state index contributed by atoms with van der Waals surface area (Å²) in [5.74, 6) is -0.277. The lowest BCUT2D eigenvalue weighted by Gasteiger charge is -2.31. The van der Waals surface area contributed by atoms with Crippen molar-refractivity contribution >= 4 is 27.3 Å². The number of sulfonamides is 1. The molecule has 0 unspecified atom stereocenters. The number of benzene rings is 2. The van der Waals surface area contributed by atoms with Crippen LogP contribution < -0.4 is 14.9 Å². The van der Waals surface area contributed by atoms with Crippen LogP contribution in [-0.4, -0.2) is 40.2 Å². The van der Waals surface area contributed by atoms with E-state index in [1.54, 1.807) is 24.3 Å². The lowest BCUT2D eigenvalue weighted by molar-refractivity contribution is 0.0954. The van der Waals surface area contributed by atoms with Crippen LogP contribution >= 0.6 is 0 Å². The standard InChI is InChI=1S/C20H25N3O3S/c1-27(25,26)22-18-11-4-3-10-17(18)20(24)21-13-7-15-23-14-6-9-16-8-2-5-12-19(16)23/h2-5,8,10-12,22H,6-7,9,13-15H2,1H3,(H,21,24). The monoisotopic (exact) mass is 387 g/mol. The highest BCUT2D eigenvalue weighted by Gasteiger charge is 2.16. The van der Waals surface area contributed by atoms with E-state index in [2.05, 4.69) is 39.2 Å². The third kappa shape index (κ3) is 5.23. The Morgan fingerprint density at radius 2 is 1.85 bits per heavy atom. The van der Waals surface area contributed by atoms with Crippen LogP contribution in [0.15, 0.2) is 48.5 Å². The minimum absolute atomic E-state index is 0.277. The van der Waals surface area contributed by atoms with Crippen molar-refractivity contribution in [3.05, 3.63) is 59.7 Å². The molecule has 1 aliphatic heterocycles. The summed E-state index contributed by atoms with van der Waals surface area (Å²) < 4.78 is 25.3. The van der Waals surface area contributed by atoms with Crippen LogP contribution in [0, 0.1) is 0 Å². The molecule has 0 aromatic heterocycles. The molecule has 2 N–H and O–H groups in total. The number of hydrogen-bond donors (Lipinski definition) is 2. The minimum atomic E-state index is -3.44. The summed E-state index contributed by atoms with van der Waals surface area (Å²) >= 11 is 0. The average molecular weight is 388 g/mol. The molecule has 1 aliphatic rings. The molecule has 3 rings (SSSR count). The molecule has 0 spiro atoms. The molecule has 0 saturated carbocycles. The van der Waals surface area contributed by atoms with Crippen LogP contribution in [0.4, 0.5) is 11.4 Å². The van der Waals surface area contributed by atoms with Gasteiger partial charge in [0.25, 0.3) is 5.91 Å². The summed E-state index contributed by atoms with van der Waals surface area (Å²) in [5, 5.41) is 2.89. The molecule has 27 heavy (non-hydrogen) atoms. The van der Waals surface area contributed by atoms with Gasteiger partial charge in [0.1, 0.15) is 0 Å². The fourth-order valence-corrected chi connectivity index (χ4v) is 3.96. The Hall–Kier alpha value is -2.54. The second kappa shape index (κ2) is 8.43. The number of fused-ring (bicyclic) bond motifs is 1. The zero-order valence-electron chi connectivity index (χ0n) is 15.4. The highest BCUT2D eigenvalue weighted by Crippen LogP contribution is 2.26. The SMILES string of the molecule is CS(=O)(=O)Nc1ccccc1C(=O)NCCCN1CCCc2ccccc21. The molecule has 2 aromatic carbocycles. The molecule has 2 aromatic rings. The number of para-hydroxylation sites is 2. The average Bonchev–Trinajstić information content (AvgIpc) is 2.64. The summed E-state index contributed by atoms with van der Waals surface area (Å²) in [6.45, 7) is 2.44. The Morgan fingerprint density at radius 3 is 2.67 bits per heavy atom. The van der Waals surface area contributed by atoms with Gasteiger partial charge in [-0.05, 0) is 43.0 Å². The molecule has 7 heteroatoms. The van der Waals surface area contributed by atoms with Gasteiger partial charge in [0.05, 0.1) is 17.5 Å². The number of carbonyl (C=O) groups excluding carboxylic acids is 1. The zero-order chi connectivity index (χ0) is 19.3. The van der Waals surface area contributed by atoms with E-state index in [1.807, 2.05) is 0 Å². The minimum Gasteiger partial charge on any atom is -0.371 e. The van der Waals surface area contributed by atoms with Crippen LogP contribution in [-0.2, 0) is 16.4 Å². The van der Waals surface area contributed by atoms with E-state index in [4.69, 9.17) is 0 Å². The van der Waals surface area contributed by atoms with Crippen molar-refractivity contribution in [1.82, 2.24) is 5.32 Å². The van der Waals surface area contributed by atoms with Gasteiger partial charge in [0.2, 0.25) is 10.0 Å². The van der Waals surface area contributed by atoms with Gasteiger partial charge in [0, 0.05) is 25.3 Å². The van der Waals surface area contributed by atoms with Crippen molar-refractivity contribution in [2.24, 2.45) is 0 Å². The summed E-state index contributed by atoms with van der Waals surface area (Å²) in [7, 11) is -3.44. The maximum atomic E-state index is 12.4. The predicted molar refractivity (Wildman–Crippen MR) is 109 cm³/mol.